The molecule has 122 valence electrons. The summed E-state index contributed by atoms with van der Waals surface area (Å²) in [6.07, 6.45) is -0.566. The van der Waals surface area contributed by atoms with Crippen LogP contribution in [0.3, 0.4) is 0 Å². The van der Waals surface area contributed by atoms with E-state index in [1.807, 2.05) is 55.5 Å². The van der Waals surface area contributed by atoms with Gasteiger partial charge in [-0.15, -0.1) is 0 Å². The zero-order chi connectivity index (χ0) is 16.7. The van der Waals surface area contributed by atoms with E-state index in [4.69, 9.17) is 4.74 Å². The van der Waals surface area contributed by atoms with Crippen LogP contribution in [0.15, 0.2) is 48.5 Å². The molecule has 0 saturated carbocycles. The molecule has 0 aliphatic rings. The zero-order valence-electron chi connectivity index (χ0n) is 13.9. The Morgan fingerprint density at radius 3 is 2.70 bits per heavy atom. The summed E-state index contributed by atoms with van der Waals surface area (Å²) in [6, 6.07) is 15.5. The quantitative estimate of drug-likeness (QED) is 0.822. The number of hydrogen-bond acceptors (Lipinski definition) is 3. The average Bonchev–Trinajstić information content (AvgIpc) is 2.54. The van der Waals surface area contributed by atoms with Gasteiger partial charge in [0.15, 0.2) is 6.10 Å². The molecule has 2 N–H and O–H groups in total. The normalized spacial score (nSPS) is 11.8. The molecule has 0 heterocycles. The van der Waals surface area contributed by atoms with Gasteiger partial charge in [0, 0.05) is 12.2 Å². The molecule has 0 fully saturated rings. The molecule has 1 unspecified atom stereocenters. The molecule has 2 aromatic carbocycles. The van der Waals surface area contributed by atoms with E-state index in [1.165, 1.54) is 0 Å². The minimum atomic E-state index is -0.566. The minimum Gasteiger partial charge on any atom is -0.481 e. The van der Waals surface area contributed by atoms with Crippen molar-refractivity contribution >= 4 is 11.6 Å². The number of benzene rings is 2. The van der Waals surface area contributed by atoms with E-state index >= 15 is 0 Å². The molecule has 2 rings (SSSR count). The lowest BCUT2D eigenvalue weighted by molar-refractivity contribution is -0.122. The lowest BCUT2D eigenvalue weighted by Crippen LogP contribution is -2.30. The standard InChI is InChI=1S/C19H24N2O2/c1-4-20-13-16-9-5-6-11-18(16)21-19(22)15(3)23-17-10-7-8-14(2)12-17/h5-12,15,20H,4,13H2,1-3H3,(H,21,22). The molecule has 1 amide bonds. The highest BCUT2D eigenvalue weighted by atomic mass is 16.5. The summed E-state index contributed by atoms with van der Waals surface area (Å²) >= 11 is 0. The summed E-state index contributed by atoms with van der Waals surface area (Å²) in [5.74, 6) is 0.545. The maximum absolute atomic E-state index is 12.4. The molecule has 0 radical (unpaired) electrons. The highest BCUT2D eigenvalue weighted by molar-refractivity contribution is 5.94. The molecular weight excluding hydrogens is 288 g/mol. The largest absolute Gasteiger partial charge is 0.481 e. The van der Waals surface area contributed by atoms with Crippen molar-refractivity contribution in [3.05, 3.63) is 59.7 Å². The first-order valence-corrected chi connectivity index (χ1v) is 7.93. The van der Waals surface area contributed by atoms with E-state index in [2.05, 4.69) is 17.6 Å². The highest BCUT2D eigenvalue weighted by Crippen LogP contribution is 2.17. The Morgan fingerprint density at radius 2 is 1.96 bits per heavy atom. The van der Waals surface area contributed by atoms with Crippen LogP contribution < -0.4 is 15.4 Å². The summed E-state index contributed by atoms with van der Waals surface area (Å²) in [7, 11) is 0. The van der Waals surface area contributed by atoms with Gasteiger partial charge in [-0.3, -0.25) is 4.79 Å². The minimum absolute atomic E-state index is 0.157. The summed E-state index contributed by atoms with van der Waals surface area (Å²) in [5, 5.41) is 6.22. The van der Waals surface area contributed by atoms with Gasteiger partial charge in [-0.25, -0.2) is 0 Å². The number of carbonyl (C=O) groups excluding carboxylic acids is 1. The van der Waals surface area contributed by atoms with Gasteiger partial charge in [0.2, 0.25) is 0 Å². The fourth-order valence-electron chi connectivity index (χ4n) is 2.24. The topological polar surface area (TPSA) is 50.4 Å². The maximum atomic E-state index is 12.4. The van der Waals surface area contributed by atoms with Gasteiger partial charge in [0.05, 0.1) is 0 Å². The first-order valence-electron chi connectivity index (χ1n) is 7.93. The van der Waals surface area contributed by atoms with Gasteiger partial charge in [-0.1, -0.05) is 37.3 Å². The molecular formula is C19H24N2O2. The first-order chi connectivity index (χ1) is 11.1. The SMILES string of the molecule is CCNCc1ccccc1NC(=O)C(C)Oc1cccc(C)c1. The Hall–Kier alpha value is -2.33. The van der Waals surface area contributed by atoms with Crippen LogP contribution in [-0.2, 0) is 11.3 Å². The fraction of sp³-hybridized carbons (Fsp3) is 0.316. The van der Waals surface area contributed by atoms with Crippen LogP contribution in [0, 0.1) is 6.92 Å². The summed E-state index contributed by atoms with van der Waals surface area (Å²) in [6.45, 7) is 7.41. The number of amides is 1. The van der Waals surface area contributed by atoms with E-state index in [1.54, 1.807) is 6.92 Å². The molecule has 0 aromatic heterocycles. The van der Waals surface area contributed by atoms with Gasteiger partial charge in [-0.05, 0) is 49.7 Å². The van der Waals surface area contributed by atoms with E-state index in [-0.39, 0.29) is 5.91 Å². The van der Waals surface area contributed by atoms with E-state index in [9.17, 15) is 4.79 Å². The molecule has 0 aliphatic carbocycles. The van der Waals surface area contributed by atoms with Crippen molar-refractivity contribution in [2.24, 2.45) is 0 Å². The number of carbonyl (C=O) groups is 1. The van der Waals surface area contributed by atoms with Crippen LogP contribution in [0.4, 0.5) is 5.69 Å². The molecule has 0 spiro atoms. The second-order valence-corrected chi connectivity index (χ2v) is 5.50. The molecule has 2 aromatic rings. The number of aryl methyl sites for hydroxylation is 1. The molecule has 4 heteroatoms. The third kappa shape index (κ3) is 5.11. The van der Waals surface area contributed by atoms with Crippen molar-refractivity contribution in [2.75, 3.05) is 11.9 Å². The smallest absolute Gasteiger partial charge is 0.265 e. The van der Waals surface area contributed by atoms with Gasteiger partial charge in [0.25, 0.3) is 5.91 Å². The molecule has 23 heavy (non-hydrogen) atoms. The van der Waals surface area contributed by atoms with Crippen molar-refractivity contribution < 1.29 is 9.53 Å². The van der Waals surface area contributed by atoms with Crippen LogP contribution in [0.5, 0.6) is 5.75 Å². The third-order valence-corrected chi connectivity index (χ3v) is 3.51. The van der Waals surface area contributed by atoms with Crippen molar-refractivity contribution in [1.29, 1.82) is 0 Å². The average molecular weight is 312 g/mol. The van der Waals surface area contributed by atoms with Crippen molar-refractivity contribution in [2.45, 2.75) is 33.4 Å². The third-order valence-electron chi connectivity index (χ3n) is 3.51. The number of para-hydroxylation sites is 1. The molecule has 0 saturated heterocycles. The maximum Gasteiger partial charge on any atom is 0.265 e. The van der Waals surface area contributed by atoms with Crippen LogP contribution in [0.2, 0.25) is 0 Å². The van der Waals surface area contributed by atoms with Gasteiger partial charge in [-0.2, -0.15) is 0 Å². The van der Waals surface area contributed by atoms with Gasteiger partial charge < -0.3 is 15.4 Å². The number of anilines is 1. The van der Waals surface area contributed by atoms with Gasteiger partial charge >= 0.3 is 0 Å². The number of ether oxygens (including phenoxy) is 1. The predicted octanol–water partition coefficient (Wildman–Crippen LogP) is 3.51. The van der Waals surface area contributed by atoms with E-state index in [0.29, 0.717) is 5.75 Å². The Bertz CT molecular complexity index is 655. The lowest BCUT2D eigenvalue weighted by Gasteiger charge is -2.17. The Labute approximate surface area is 137 Å². The van der Waals surface area contributed by atoms with Crippen molar-refractivity contribution in [3.63, 3.8) is 0 Å². The first kappa shape index (κ1) is 17.0. The molecule has 0 bridgehead atoms. The number of nitrogens with one attached hydrogen (secondary N) is 2. The Morgan fingerprint density at radius 1 is 1.17 bits per heavy atom. The molecule has 1 atom stereocenters. The summed E-state index contributed by atoms with van der Waals surface area (Å²) in [4.78, 5) is 12.4. The Balaban J connectivity index is 2.01. The summed E-state index contributed by atoms with van der Waals surface area (Å²) in [5.41, 5.74) is 2.98. The van der Waals surface area contributed by atoms with Crippen LogP contribution in [0.25, 0.3) is 0 Å². The number of rotatable bonds is 7. The second kappa shape index (κ2) is 8.34. The molecule has 4 nitrogen and oxygen atoms in total. The highest BCUT2D eigenvalue weighted by Gasteiger charge is 2.16. The fourth-order valence-corrected chi connectivity index (χ4v) is 2.24. The monoisotopic (exact) mass is 312 g/mol. The predicted molar refractivity (Wildman–Crippen MR) is 93.7 cm³/mol. The molecule has 0 aliphatic heterocycles. The van der Waals surface area contributed by atoms with Crippen molar-refractivity contribution in [3.8, 4) is 5.75 Å². The van der Waals surface area contributed by atoms with Crippen LogP contribution in [-0.4, -0.2) is 18.6 Å². The van der Waals surface area contributed by atoms with Crippen LogP contribution >= 0.6 is 0 Å². The Kier molecular flexibility index (Phi) is 6.18. The summed E-state index contributed by atoms with van der Waals surface area (Å²) < 4.78 is 5.72. The van der Waals surface area contributed by atoms with Crippen molar-refractivity contribution in [1.82, 2.24) is 5.32 Å². The number of hydrogen-bond donors (Lipinski definition) is 2. The second-order valence-electron chi connectivity index (χ2n) is 5.50. The van der Waals surface area contributed by atoms with Crippen LogP contribution in [0.1, 0.15) is 25.0 Å². The van der Waals surface area contributed by atoms with E-state index in [0.717, 1.165) is 29.9 Å². The van der Waals surface area contributed by atoms with E-state index < -0.39 is 6.10 Å². The van der Waals surface area contributed by atoms with Gasteiger partial charge in [0.1, 0.15) is 5.75 Å². The zero-order valence-corrected chi connectivity index (χ0v) is 13.9. The lowest BCUT2D eigenvalue weighted by atomic mass is 10.1.